The van der Waals surface area contributed by atoms with Crippen LogP contribution in [0.15, 0.2) is 71.5 Å². The standard InChI is InChI=1S/C26H21Cl2N3OS/c1-16-13-21-25(30-24(31-26(21)33-16)20-10-12-32-15-20)29-11-2-3-17-4-6-18(7-5-17)19-8-9-22(27)23(28)14-19/h4-10,12-15H,2-3,11H2,1H3,(H,29,30,31). The summed E-state index contributed by atoms with van der Waals surface area (Å²) in [6.07, 6.45) is 5.28. The van der Waals surface area contributed by atoms with Crippen molar-refractivity contribution in [2.45, 2.75) is 19.8 Å². The Labute approximate surface area is 206 Å². The monoisotopic (exact) mass is 493 g/mol. The minimum Gasteiger partial charge on any atom is -0.472 e. The summed E-state index contributed by atoms with van der Waals surface area (Å²) in [4.78, 5) is 11.7. The van der Waals surface area contributed by atoms with Crippen LogP contribution >= 0.6 is 34.5 Å². The van der Waals surface area contributed by atoms with Crippen molar-refractivity contribution in [1.82, 2.24) is 9.97 Å². The van der Waals surface area contributed by atoms with Gasteiger partial charge >= 0.3 is 0 Å². The van der Waals surface area contributed by atoms with Crippen LogP contribution in [0.2, 0.25) is 10.0 Å². The lowest BCUT2D eigenvalue weighted by Gasteiger charge is -2.09. The van der Waals surface area contributed by atoms with E-state index in [2.05, 4.69) is 42.6 Å². The van der Waals surface area contributed by atoms with Crippen LogP contribution in [0.3, 0.4) is 0 Å². The highest BCUT2D eigenvalue weighted by molar-refractivity contribution is 7.18. The molecule has 0 aliphatic rings. The van der Waals surface area contributed by atoms with Gasteiger partial charge in [-0.2, -0.15) is 0 Å². The topological polar surface area (TPSA) is 51.0 Å². The lowest BCUT2D eigenvalue weighted by molar-refractivity contribution is 0.568. The number of aromatic nitrogens is 2. The van der Waals surface area contributed by atoms with Crippen molar-refractivity contribution in [3.05, 3.63) is 87.6 Å². The molecule has 0 bridgehead atoms. The normalized spacial score (nSPS) is 11.2. The van der Waals surface area contributed by atoms with E-state index in [1.807, 2.05) is 24.3 Å². The Kier molecular flexibility index (Phi) is 6.36. The summed E-state index contributed by atoms with van der Waals surface area (Å²) in [5.41, 5.74) is 4.36. The van der Waals surface area contributed by atoms with Gasteiger partial charge in [-0.25, -0.2) is 9.97 Å². The first-order valence-corrected chi connectivity index (χ1v) is 12.2. The second-order valence-corrected chi connectivity index (χ2v) is 9.89. The SMILES string of the molecule is Cc1cc2c(NCCCc3ccc(-c4ccc(Cl)c(Cl)c4)cc3)nc(-c3ccoc3)nc2s1. The predicted molar refractivity (Wildman–Crippen MR) is 139 cm³/mol. The first-order chi connectivity index (χ1) is 16.1. The van der Waals surface area contributed by atoms with Gasteiger partial charge in [0.25, 0.3) is 0 Å². The fourth-order valence-electron chi connectivity index (χ4n) is 3.74. The van der Waals surface area contributed by atoms with Crippen LogP contribution in [0, 0.1) is 6.92 Å². The fraction of sp³-hybridized carbons (Fsp3) is 0.154. The molecule has 0 spiro atoms. The maximum absolute atomic E-state index is 6.15. The van der Waals surface area contributed by atoms with E-state index >= 15 is 0 Å². The Morgan fingerprint density at radius 2 is 1.73 bits per heavy atom. The third kappa shape index (κ3) is 4.91. The number of halogens is 2. The molecule has 0 saturated heterocycles. The number of anilines is 1. The first kappa shape index (κ1) is 22.0. The van der Waals surface area contributed by atoms with Gasteiger partial charge in [0.05, 0.1) is 27.3 Å². The number of hydrogen-bond donors (Lipinski definition) is 1. The molecule has 3 heterocycles. The summed E-state index contributed by atoms with van der Waals surface area (Å²) in [7, 11) is 0. The van der Waals surface area contributed by atoms with Crippen molar-refractivity contribution in [3.8, 4) is 22.5 Å². The molecule has 1 N–H and O–H groups in total. The zero-order valence-electron chi connectivity index (χ0n) is 17.9. The molecule has 4 nitrogen and oxygen atoms in total. The Morgan fingerprint density at radius 3 is 2.48 bits per heavy atom. The number of hydrogen-bond acceptors (Lipinski definition) is 5. The molecular formula is C26H21Cl2N3OS. The van der Waals surface area contributed by atoms with Crippen molar-refractivity contribution in [2.75, 3.05) is 11.9 Å². The summed E-state index contributed by atoms with van der Waals surface area (Å²) in [6, 6.07) is 18.3. The Morgan fingerprint density at radius 1 is 0.909 bits per heavy atom. The Hall–Kier alpha value is -2.86. The molecule has 0 fully saturated rings. The minimum absolute atomic E-state index is 0.569. The van der Waals surface area contributed by atoms with E-state index in [0.717, 1.165) is 52.1 Å². The quantitative estimate of drug-likeness (QED) is 0.231. The molecule has 0 saturated carbocycles. The number of nitrogens with zero attached hydrogens (tertiary/aromatic N) is 2. The summed E-state index contributed by atoms with van der Waals surface area (Å²) < 4.78 is 5.21. The molecule has 0 aliphatic carbocycles. The first-order valence-electron chi connectivity index (χ1n) is 10.7. The van der Waals surface area contributed by atoms with Crippen molar-refractivity contribution in [1.29, 1.82) is 0 Å². The third-order valence-corrected chi connectivity index (χ3v) is 7.12. The predicted octanol–water partition coefficient (Wildman–Crippen LogP) is 8.28. The highest BCUT2D eigenvalue weighted by Gasteiger charge is 2.12. The van der Waals surface area contributed by atoms with E-state index in [9.17, 15) is 0 Å². The van der Waals surface area contributed by atoms with Crippen molar-refractivity contribution >= 4 is 50.6 Å². The van der Waals surface area contributed by atoms with Gasteiger partial charge in [-0.1, -0.05) is 53.5 Å². The molecule has 2 aromatic carbocycles. The number of nitrogens with one attached hydrogen (secondary N) is 1. The van der Waals surface area contributed by atoms with Crippen molar-refractivity contribution in [3.63, 3.8) is 0 Å². The summed E-state index contributed by atoms with van der Waals surface area (Å²) >= 11 is 13.9. The zero-order valence-corrected chi connectivity index (χ0v) is 20.3. The van der Waals surface area contributed by atoms with Crippen LogP contribution in [-0.2, 0) is 6.42 Å². The molecule has 5 rings (SSSR count). The molecular weight excluding hydrogens is 473 g/mol. The van der Waals surface area contributed by atoms with Crippen LogP contribution in [0.4, 0.5) is 5.82 Å². The van der Waals surface area contributed by atoms with Gasteiger partial charge in [0.1, 0.15) is 16.9 Å². The van der Waals surface area contributed by atoms with E-state index in [-0.39, 0.29) is 0 Å². The third-order valence-electron chi connectivity index (χ3n) is 5.44. The smallest absolute Gasteiger partial charge is 0.166 e. The van der Waals surface area contributed by atoms with E-state index in [4.69, 9.17) is 37.6 Å². The van der Waals surface area contributed by atoms with Crippen LogP contribution in [0.5, 0.6) is 0 Å². The number of furan rings is 1. The van der Waals surface area contributed by atoms with Crippen LogP contribution in [0.1, 0.15) is 16.9 Å². The minimum atomic E-state index is 0.569. The van der Waals surface area contributed by atoms with E-state index in [0.29, 0.717) is 15.9 Å². The summed E-state index contributed by atoms with van der Waals surface area (Å²) in [5, 5.41) is 5.72. The van der Waals surface area contributed by atoms with Gasteiger partial charge in [-0.05, 0) is 60.7 Å². The molecule has 0 atom stereocenters. The Balaban J connectivity index is 1.24. The number of rotatable bonds is 7. The van der Waals surface area contributed by atoms with Gasteiger partial charge in [-0.3, -0.25) is 0 Å². The van der Waals surface area contributed by atoms with Crippen LogP contribution in [-0.4, -0.2) is 16.5 Å². The molecule has 0 unspecified atom stereocenters. The molecule has 0 amide bonds. The van der Waals surface area contributed by atoms with Crippen LogP contribution < -0.4 is 5.32 Å². The van der Waals surface area contributed by atoms with E-state index < -0.39 is 0 Å². The summed E-state index contributed by atoms with van der Waals surface area (Å²) in [5.74, 6) is 1.55. The van der Waals surface area contributed by atoms with Gasteiger partial charge in [0.2, 0.25) is 0 Å². The fourth-order valence-corrected chi connectivity index (χ4v) is 4.91. The van der Waals surface area contributed by atoms with Crippen molar-refractivity contribution < 1.29 is 4.42 Å². The highest BCUT2D eigenvalue weighted by atomic mass is 35.5. The maximum Gasteiger partial charge on any atom is 0.166 e. The molecule has 3 aromatic heterocycles. The highest BCUT2D eigenvalue weighted by Crippen LogP contribution is 2.31. The van der Waals surface area contributed by atoms with E-state index in [1.54, 1.807) is 23.9 Å². The van der Waals surface area contributed by atoms with E-state index in [1.165, 1.54) is 10.4 Å². The maximum atomic E-state index is 6.15. The van der Waals surface area contributed by atoms with Gasteiger partial charge in [-0.15, -0.1) is 11.3 Å². The lowest BCUT2D eigenvalue weighted by atomic mass is 10.0. The number of benzene rings is 2. The van der Waals surface area contributed by atoms with Crippen molar-refractivity contribution in [2.24, 2.45) is 0 Å². The second kappa shape index (κ2) is 9.56. The van der Waals surface area contributed by atoms with Gasteiger partial charge < -0.3 is 9.73 Å². The number of thiophene rings is 1. The van der Waals surface area contributed by atoms with Gasteiger partial charge in [0, 0.05) is 11.4 Å². The molecule has 33 heavy (non-hydrogen) atoms. The zero-order chi connectivity index (χ0) is 22.8. The molecule has 5 aromatic rings. The molecule has 0 aliphatic heterocycles. The second-order valence-electron chi connectivity index (χ2n) is 7.84. The molecule has 166 valence electrons. The number of fused-ring (bicyclic) bond motifs is 1. The lowest BCUT2D eigenvalue weighted by Crippen LogP contribution is -2.06. The molecule has 7 heteroatoms. The number of aryl methyl sites for hydroxylation is 2. The summed E-state index contributed by atoms with van der Waals surface area (Å²) in [6.45, 7) is 2.91. The molecule has 0 radical (unpaired) electrons. The Bertz CT molecular complexity index is 1400. The average Bonchev–Trinajstić information content (AvgIpc) is 3.48. The largest absolute Gasteiger partial charge is 0.472 e. The van der Waals surface area contributed by atoms with Crippen LogP contribution in [0.25, 0.3) is 32.7 Å². The average molecular weight is 494 g/mol. The van der Waals surface area contributed by atoms with Gasteiger partial charge in [0.15, 0.2) is 5.82 Å².